The van der Waals surface area contributed by atoms with Gasteiger partial charge in [0, 0.05) is 12.0 Å². The largest absolute Gasteiger partial charge is 0.493 e. The number of ether oxygens (including phenoxy) is 1. The quantitative estimate of drug-likeness (QED) is 0.819. The molecule has 1 aliphatic rings. The predicted molar refractivity (Wildman–Crippen MR) is 78.5 cm³/mol. The van der Waals surface area contributed by atoms with E-state index in [1.807, 2.05) is 18.2 Å². The smallest absolute Gasteiger partial charge is 0.124 e. The molecule has 0 aliphatic carbocycles. The first-order chi connectivity index (χ1) is 9.78. The monoisotopic (exact) mass is 265 g/mol. The number of nitrogens with zero attached hydrogens (tertiary/aromatic N) is 1. The van der Waals surface area contributed by atoms with Crippen LogP contribution in [-0.4, -0.2) is 6.61 Å². The summed E-state index contributed by atoms with van der Waals surface area (Å²) in [4.78, 5) is 0. The van der Waals surface area contributed by atoms with Crippen LogP contribution in [0.25, 0.3) is 0 Å². The Kier molecular flexibility index (Phi) is 3.18. The molecule has 20 heavy (non-hydrogen) atoms. The van der Waals surface area contributed by atoms with E-state index in [1.165, 1.54) is 0 Å². The van der Waals surface area contributed by atoms with Gasteiger partial charge in [-0.15, -0.1) is 0 Å². The molecule has 100 valence electrons. The summed E-state index contributed by atoms with van der Waals surface area (Å²) >= 11 is 0. The molecule has 0 aromatic heterocycles. The van der Waals surface area contributed by atoms with Crippen LogP contribution in [0.2, 0.25) is 0 Å². The number of rotatable bonds is 2. The van der Waals surface area contributed by atoms with E-state index in [1.54, 1.807) is 18.2 Å². The van der Waals surface area contributed by atoms with E-state index < -0.39 is 0 Å². The number of nitrogens with two attached hydrogens (primary N) is 1. The first kappa shape index (κ1) is 12.4. The number of fused-ring (bicyclic) bond motifs is 1. The van der Waals surface area contributed by atoms with E-state index in [0.29, 0.717) is 17.9 Å². The number of hydrogen-bond donors (Lipinski definition) is 2. The van der Waals surface area contributed by atoms with Crippen molar-refractivity contribution in [3.05, 3.63) is 53.6 Å². The SMILES string of the molecule is N#Cc1ccc(N)c(NC2CCOc3ccccc32)c1. The lowest BCUT2D eigenvalue weighted by atomic mass is 10.00. The van der Waals surface area contributed by atoms with Crippen molar-refractivity contribution in [1.29, 1.82) is 5.26 Å². The minimum atomic E-state index is 0.149. The number of hydrogen-bond acceptors (Lipinski definition) is 4. The molecule has 0 spiro atoms. The van der Waals surface area contributed by atoms with Crippen LogP contribution in [0.3, 0.4) is 0 Å². The number of benzene rings is 2. The van der Waals surface area contributed by atoms with Crippen molar-refractivity contribution >= 4 is 11.4 Å². The third-order valence-electron chi connectivity index (χ3n) is 3.47. The summed E-state index contributed by atoms with van der Waals surface area (Å²) in [7, 11) is 0. The van der Waals surface area contributed by atoms with E-state index in [-0.39, 0.29) is 6.04 Å². The Morgan fingerprint density at radius 2 is 2.10 bits per heavy atom. The number of para-hydroxylation sites is 1. The molecule has 4 heteroatoms. The third-order valence-corrected chi connectivity index (χ3v) is 3.47. The molecule has 1 atom stereocenters. The third kappa shape index (κ3) is 2.26. The Hall–Kier alpha value is -2.67. The summed E-state index contributed by atoms with van der Waals surface area (Å²) in [5.41, 5.74) is 9.15. The standard InChI is InChI=1S/C16H15N3O/c17-10-11-5-6-13(18)15(9-11)19-14-7-8-20-16-4-2-1-3-12(14)16/h1-6,9,14,19H,7-8,18H2. The molecule has 3 rings (SSSR count). The van der Waals surface area contributed by atoms with Gasteiger partial charge in [0.05, 0.1) is 35.7 Å². The molecule has 0 saturated heterocycles. The lowest BCUT2D eigenvalue weighted by Crippen LogP contribution is -2.20. The van der Waals surface area contributed by atoms with Crippen molar-refractivity contribution < 1.29 is 4.74 Å². The highest BCUT2D eigenvalue weighted by Gasteiger charge is 2.21. The maximum absolute atomic E-state index is 8.98. The molecule has 3 N–H and O–H groups in total. The van der Waals surface area contributed by atoms with E-state index in [4.69, 9.17) is 15.7 Å². The van der Waals surface area contributed by atoms with Gasteiger partial charge in [-0.05, 0) is 24.3 Å². The highest BCUT2D eigenvalue weighted by atomic mass is 16.5. The Bertz CT molecular complexity index is 676. The van der Waals surface area contributed by atoms with Crippen molar-refractivity contribution in [2.45, 2.75) is 12.5 Å². The second kappa shape index (κ2) is 5.14. The van der Waals surface area contributed by atoms with E-state index in [9.17, 15) is 0 Å². The highest BCUT2D eigenvalue weighted by Crippen LogP contribution is 2.35. The van der Waals surface area contributed by atoms with Crippen LogP contribution in [0.1, 0.15) is 23.6 Å². The molecule has 0 fully saturated rings. The first-order valence-electron chi connectivity index (χ1n) is 6.56. The van der Waals surface area contributed by atoms with Crippen LogP contribution >= 0.6 is 0 Å². The highest BCUT2D eigenvalue weighted by molar-refractivity contribution is 5.69. The number of nitrogen functional groups attached to an aromatic ring is 1. The molecule has 0 amide bonds. The van der Waals surface area contributed by atoms with Crippen LogP contribution in [0.5, 0.6) is 5.75 Å². The van der Waals surface area contributed by atoms with Crippen molar-refractivity contribution in [1.82, 2.24) is 0 Å². The molecular weight excluding hydrogens is 250 g/mol. The minimum Gasteiger partial charge on any atom is -0.493 e. The fourth-order valence-electron chi connectivity index (χ4n) is 2.43. The molecule has 1 unspecified atom stereocenters. The molecule has 0 radical (unpaired) electrons. The van der Waals surface area contributed by atoms with Crippen LogP contribution in [0, 0.1) is 11.3 Å². The van der Waals surface area contributed by atoms with Gasteiger partial charge in [-0.3, -0.25) is 0 Å². The van der Waals surface area contributed by atoms with Gasteiger partial charge in [0.25, 0.3) is 0 Å². The van der Waals surface area contributed by atoms with Crippen LogP contribution in [0.4, 0.5) is 11.4 Å². The molecule has 1 heterocycles. The lowest BCUT2D eigenvalue weighted by Gasteiger charge is -2.28. The van der Waals surface area contributed by atoms with Crippen LogP contribution in [0.15, 0.2) is 42.5 Å². The molecule has 0 bridgehead atoms. The summed E-state index contributed by atoms with van der Waals surface area (Å²) in [5, 5.41) is 12.4. The second-order valence-electron chi connectivity index (χ2n) is 4.79. The number of anilines is 2. The lowest BCUT2D eigenvalue weighted by molar-refractivity contribution is 0.274. The summed E-state index contributed by atoms with van der Waals surface area (Å²) in [6.07, 6.45) is 0.868. The Morgan fingerprint density at radius 1 is 1.25 bits per heavy atom. The van der Waals surface area contributed by atoms with Gasteiger partial charge < -0.3 is 15.8 Å². The van der Waals surface area contributed by atoms with E-state index in [0.717, 1.165) is 23.4 Å². The summed E-state index contributed by atoms with van der Waals surface area (Å²) in [6.45, 7) is 0.673. The fourth-order valence-corrected chi connectivity index (χ4v) is 2.43. The van der Waals surface area contributed by atoms with E-state index in [2.05, 4.69) is 17.5 Å². The minimum absolute atomic E-state index is 0.149. The van der Waals surface area contributed by atoms with E-state index >= 15 is 0 Å². The number of nitrogens with one attached hydrogen (secondary N) is 1. The summed E-state index contributed by atoms with van der Waals surface area (Å²) < 4.78 is 5.64. The second-order valence-corrected chi connectivity index (χ2v) is 4.79. The van der Waals surface area contributed by atoms with Gasteiger partial charge in [-0.25, -0.2) is 0 Å². The van der Waals surface area contributed by atoms with Crippen LogP contribution < -0.4 is 15.8 Å². The van der Waals surface area contributed by atoms with Gasteiger partial charge in [0.15, 0.2) is 0 Å². The average Bonchev–Trinajstić information content (AvgIpc) is 2.50. The van der Waals surface area contributed by atoms with Gasteiger partial charge >= 0.3 is 0 Å². The Labute approximate surface area is 117 Å². The fraction of sp³-hybridized carbons (Fsp3) is 0.188. The Balaban J connectivity index is 1.91. The van der Waals surface area contributed by atoms with Gasteiger partial charge in [0.2, 0.25) is 0 Å². The zero-order valence-corrected chi connectivity index (χ0v) is 11.0. The van der Waals surface area contributed by atoms with Crippen molar-refractivity contribution in [3.63, 3.8) is 0 Å². The van der Waals surface area contributed by atoms with Crippen molar-refractivity contribution in [2.75, 3.05) is 17.7 Å². The van der Waals surface area contributed by atoms with Gasteiger partial charge in [-0.2, -0.15) is 5.26 Å². The zero-order valence-electron chi connectivity index (χ0n) is 11.0. The normalized spacial score (nSPS) is 16.6. The maximum atomic E-state index is 8.98. The van der Waals surface area contributed by atoms with Crippen molar-refractivity contribution in [3.8, 4) is 11.8 Å². The maximum Gasteiger partial charge on any atom is 0.124 e. The summed E-state index contributed by atoms with van der Waals surface area (Å²) in [5.74, 6) is 0.909. The predicted octanol–water partition coefficient (Wildman–Crippen LogP) is 3.08. The van der Waals surface area contributed by atoms with Crippen LogP contribution in [-0.2, 0) is 0 Å². The first-order valence-corrected chi connectivity index (χ1v) is 6.56. The molecule has 0 saturated carbocycles. The Morgan fingerprint density at radius 3 is 2.95 bits per heavy atom. The van der Waals surface area contributed by atoms with Crippen molar-refractivity contribution in [2.24, 2.45) is 0 Å². The molecular formula is C16H15N3O. The topological polar surface area (TPSA) is 71.1 Å². The van der Waals surface area contributed by atoms with Gasteiger partial charge in [0.1, 0.15) is 5.75 Å². The van der Waals surface area contributed by atoms with Gasteiger partial charge in [-0.1, -0.05) is 18.2 Å². The zero-order chi connectivity index (χ0) is 13.9. The molecule has 4 nitrogen and oxygen atoms in total. The molecule has 2 aromatic carbocycles. The average molecular weight is 265 g/mol. The number of nitriles is 1. The molecule has 2 aromatic rings. The summed E-state index contributed by atoms with van der Waals surface area (Å²) in [6, 6.07) is 15.5. The molecule has 1 aliphatic heterocycles.